The van der Waals surface area contributed by atoms with Crippen LogP contribution in [0.5, 0.6) is 0 Å². The van der Waals surface area contributed by atoms with Crippen molar-refractivity contribution in [3.8, 4) is 11.3 Å². The Balaban J connectivity index is 2.11. The van der Waals surface area contributed by atoms with Gasteiger partial charge in [0.1, 0.15) is 11.3 Å². The van der Waals surface area contributed by atoms with Crippen LogP contribution in [0, 0.1) is 0 Å². The lowest BCUT2D eigenvalue weighted by molar-refractivity contribution is 0.0949. The summed E-state index contributed by atoms with van der Waals surface area (Å²) in [5.41, 5.74) is 7.26. The van der Waals surface area contributed by atoms with E-state index in [1.54, 1.807) is 7.11 Å². The van der Waals surface area contributed by atoms with Crippen LogP contribution in [-0.2, 0) is 4.74 Å². The van der Waals surface area contributed by atoms with Gasteiger partial charge in [0, 0.05) is 31.2 Å². The average molecular weight is 281 g/mol. The van der Waals surface area contributed by atoms with Gasteiger partial charge in [-0.15, -0.1) is 0 Å². The van der Waals surface area contributed by atoms with E-state index in [9.17, 15) is 4.79 Å². The molecule has 0 fully saturated rings. The van der Waals surface area contributed by atoms with Crippen LogP contribution in [0.1, 0.15) is 16.8 Å². The molecular formula is C12H15N3O3S. The van der Waals surface area contributed by atoms with Gasteiger partial charge in [-0.3, -0.25) is 4.79 Å². The topological polar surface area (TPSA) is 90.4 Å². The van der Waals surface area contributed by atoms with Crippen molar-refractivity contribution in [3.63, 3.8) is 0 Å². The Morgan fingerprint density at radius 1 is 1.63 bits per heavy atom. The van der Waals surface area contributed by atoms with Gasteiger partial charge in [-0.2, -0.15) is 11.3 Å². The molecule has 0 saturated heterocycles. The van der Waals surface area contributed by atoms with E-state index in [1.165, 1.54) is 11.3 Å². The number of hydrogen-bond acceptors (Lipinski definition) is 6. The number of nitrogens with two attached hydrogens (primary N) is 1. The zero-order chi connectivity index (χ0) is 13.7. The lowest BCUT2D eigenvalue weighted by atomic mass is 10.1. The number of nitrogen functional groups attached to an aromatic ring is 1. The first-order chi connectivity index (χ1) is 9.24. The van der Waals surface area contributed by atoms with Gasteiger partial charge in [0.15, 0.2) is 0 Å². The van der Waals surface area contributed by atoms with Crippen LogP contribution < -0.4 is 11.1 Å². The molecule has 0 atom stereocenters. The minimum atomic E-state index is -0.281. The van der Waals surface area contributed by atoms with Crippen LogP contribution in [0.3, 0.4) is 0 Å². The predicted molar refractivity (Wildman–Crippen MR) is 73.1 cm³/mol. The van der Waals surface area contributed by atoms with E-state index in [4.69, 9.17) is 15.0 Å². The number of methoxy groups -OCH3 is 1. The molecule has 0 aliphatic heterocycles. The molecule has 0 bridgehead atoms. The van der Waals surface area contributed by atoms with Crippen molar-refractivity contribution < 1.29 is 14.1 Å². The number of ether oxygens (including phenoxy) is 1. The molecule has 6 nitrogen and oxygen atoms in total. The van der Waals surface area contributed by atoms with Crippen LogP contribution in [-0.4, -0.2) is 31.3 Å². The van der Waals surface area contributed by atoms with E-state index in [0.29, 0.717) is 18.8 Å². The number of amides is 1. The monoisotopic (exact) mass is 281 g/mol. The largest absolute Gasteiger partial charge is 0.385 e. The second-order valence-electron chi connectivity index (χ2n) is 3.88. The quantitative estimate of drug-likeness (QED) is 0.787. The molecule has 102 valence electrons. The molecule has 2 rings (SSSR count). The maximum absolute atomic E-state index is 12.1. The Labute approximate surface area is 114 Å². The second kappa shape index (κ2) is 6.35. The molecule has 0 aliphatic carbocycles. The van der Waals surface area contributed by atoms with Gasteiger partial charge in [0.2, 0.25) is 5.88 Å². The van der Waals surface area contributed by atoms with Gasteiger partial charge in [-0.25, -0.2) is 0 Å². The number of anilines is 1. The summed E-state index contributed by atoms with van der Waals surface area (Å²) in [4.78, 5) is 12.1. The van der Waals surface area contributed by atoms with Gasteiger partial charge >= 0.3 is 0 Å². The highest BCUT2D eigenvalue weighted by Crippen LogP contribution is 2.28. The molecule has 2 aromatic rings. The predicted octanol–water partition coefficient (Wildman–Crippen LogP) is 1.75. The number of aromatic nitrogens is 1. The third-order valence-electron chi connectivity index (χ3n) is 2.55. The molecule has 2 heterocycles. The van der Waals surface area contributed by atoms with E-state index >= 15 is 0 Å². The summed E-state index contributed by atoms with van der Waals surface area (Å²) in [5.74, 6) is -0.249. The van der Waals surface area contributed by atoms with E-state index in [-0.39, 0.29) is 17.4 Å². The third-order valence-corrected chi connectivity index (χ3v) is 3.23. The molecule has 0 aliphatic rings. The van der Waals surface area contributed by atoms with E-state index in [1.807, 2.05) is 16.8 Å². The Hall–Kier alpha value is -1.86. The van der Waals surface area contributed by atoms with Crippen molar-refractivity contribution in [2.75, 3.05) is 26.0 Å². The van der Waals surface area contributed by atoms with Crippen molar-refractivity contribution in [1.82, 2.24) is 10.5 Å². The first kappa shape index (κ1) is 13.6. The van der Waals surface area contributed by atoms with Crippen LogP contribution in [0.25, 0.3) is 11.3 Å². The van der Waals surface area contributed by atoms with Crippen molar-refractivity contribution >= 4 is 23.1 Å². The number of rotatable bonds is 6. The summed E-state index contributed by atoms with van der Waals surface area (Å²) in [5, 5.41) is 10.4. The van der Waals surface area contributed by atoms with Crippen molar-refractivity contribution in [2.24, 2.45) is 0 Å². The SMILES string of the molecule is COCCCNC(=O)c1c(-c2ccsc2)noc1N. The Bertz CT molecular complexity index is 536. The fraction of sp³-hybridized carbons (Fsp3) is 0.333. The molecule has 0 unspecified atom stereocenters. The average Bonchev–Trinajstić information content (AvgIpc) is 3.03. The molecule has 0 radical (unpaired) electrons. The van der Waals surface area contributed by atoms with Gasteiger partial charge in [0.05, 0.1) is 0 Å². The molecular weight excluding hydrogens is 266 g/mol. The summed E-state index contributed by atoms with van der Waals surface area (Å²) < 4.78 is 9.83. The summed E-state index contributed by atoms with van der Waals surface area (Å²) in [6.45, 7) is 1.11. The molecule has 19 heavy (non-hydrogen) atoms. The standard InChI is InChI=1S/C12H15N3O3S/c1-17-5-2-4-14-12(16)9-10(15-18-11(9)13)8-3-6-19-7-8/h3,6-7H,2,4-5,13H2,1H3,(H,14,16). The molecule has 0 aromatic carbocycles. The molecule has 1 amide bonds. The maximum Gasteiger partial charge on any atom is 0.259 e. The van der Waals surface area contributed by atoms with Crippen molar-refractivity contribution in [3.05, 3.63) is 22.4 Å². The van der Waals surface area contributed by atoms with Gasteiger partial charge in [0.25, 0.3) is 5.91 Å². The zero-order valence-corrected chi connectivity index (χ0v) is 11.3. The lowest BCUT2D eigenvalue weighted by Gasteiger charge is -2.04. The summed E-state index contributed by atoms with van der Waals surface area (Å²) in [6.07, 6.45) is 0.737. The van der Waals surface area contributed by atoms with Crippen LogP contribution in [0.2, 0.25) is 0 Å². The zero-order valence-electron chi connectivity index (χ0n) is 10.5. The van der Waals surface area contributed by atoms with Crippen LogP contribution in [0.15, 0.2) is 21.3 Å². The van der Waals surface area contributed by atoms with Crippen molar-refractivity contribution in [2.45, 2.75) is 6.42 Å². The normalized spacial score (nSPS) is 10.6. The van der Waals surface area contributed by atoms with Gasteiger partial charge < -0.3 is 20.3 Å². The molecule has 0 spiro atoms. The van der Waals surface area contributed by atoms with Crippen LogP contribution >= 0.6 is 11.3 Å². The number of nitrogens with zero attached hydrogens (tertiary/aromatic N) is 1. The first-order valence-corrected chi connectivity index (χ1v) is 6.73. The lowest BCUT2D eigenvalue weighted by Crippen LogP contribution is -2.26. The maximum atomic E-state index is 12.1. The van der Waals surface area contributed by atoms with E-state index in [2.05, 4.69) is 10.5 Å². The van der Waals surface area contributed by atoms with E-state index in [0.717, 1.165) is 12.0 Å². The molecule has 0 saturated carbocycles. The van der Waals surface area contributed by atoms with Crippen LogP contribution in [0.4, 0.5) is 5.88 Å². The number of carbonyl (C=O) groups excluding carboxylic acids is 1. The minimum Gasteiger partial charge on any atom is -0.385 e. The Morgan fingerprint density at radius 2 is 2.47 bits per heavy atom. The summed E-state index contributed by atoms with van der Waals surface area (Å²) >= 11 is 1.52. The summed E-state index contributed by atoms with van der Waals surface area (Å²) in [6, 6.07) is 1.86. The number of hydrogen-bond donors (Lipinski definition) is 2. The van der Waals surface area contributed by atoms with Gasteiger partial charge in [-0.05, 0) is 17.9 Å². The smallest absolute Gasteiger partial charge is 0.259 e. The minimum absolute atomic E-state index is 0.0328. The highest BCUT2D eigenvalue weighted by atomic mass is 32.1. The fourth-order valence-corrected chi connectivity index (χ4v) is 2.27. The summed E-state index contributed by atoms with van der Waals surface area (Å²) in [7, 11) is 1.62. The second-order valence-corrected chi connectivity index (χ2v) is 4.66. The molecule has 2 aromatic heterocycles. The molecule has 3 N–H and O–H groups in total. The van der Waals surface area contributed by atoms with Gasteiger partial charge in [-0.1, -0.05) is 5.16 Å². The Kier molecular flexibility index (Phi) is 4.53. The molecule has 7 heteroatoms. The van der Waals surface area contributed by atoms with E-state index < -0.39 is 0 Å². The number of thiophene rings is 1. The number of carbonyl (C=O) groups is 1. The fourth-order valence-electron chi connectivity index (χ4n) is 1.63. The Morgan fingerprint density at radius 3 is 3.16 bits per heavy atom. The highest BCUT2D eigenvalue weighted by Gasteiger charge is 2.22. The number of nitrogens with one attached hydrogen (secondary N) is 1. The third kappa shape index (κ3) is 3.12. The first-order valence-electron chi connectivity index (χ1n) is 5.79. The van der Waals surface area contributed by atoms with Crippen molar-refractivity contribution in [1.29, 1.82) is 0 Å². The highest BCUT2D eigenvalue weighted by molar-refractivity contribution is 7.08.